The second kappa shape index (κ2) is 7.20. The van der Waals surface area contributed by atoms with Gasteiger partial charge in [0.25, 0.3) is 0 Å². The van der Waals surface area contributed by atoms with Crippen molar-refractivity contribution < 1.29 is 39.2 Å². The molecule has 0 spiro atoms. The number of carboxylic acids is 3. The number of carboxylic acid groups (broad SMARTS) is 3. The van der Waals surface area contributed by atoms with Gasteiger partial charge in [0.05, 0.1) is 19.6 Å². The molecule has 0 aromatic rings. The molecule has 1 rings (SSSR count). The highest BCUT2D eigenvalue weighted by Gasteiger charge is 2.43. The standard InChI is InChI=1S/C12H18O8/c1-19-11(12(17)18)8-5-20-4-6(2-9(13)14)7(8)3-10(15)16/h6-8,11H,2-5H2,1H3,(H,13,14)(H,15,16)(H,17,18). The molecule has 4 atom stereocenters. The molecule has 0 saturated carbocycles. The van der Waals surface area contributed by atoms with Crippen LogP contribution in [-0.4, -0.2) is 59.7 Å². The molecule has 0 aromatic heterocycles. The molecular formula is C12H18O8. The van der Waals surface area contributed by atoms with E-state index >= 15 is 0 Å². The summed E-state index contributed by atoms with van der Waals surface area (Å²) >= 11 is 0. The van der Waals surface area contributed by atoms with Crippen molar-refractivity contribution >= 4 is 17.9 Å². The third-order valence-corrected chi connectivity index (χ3v) is 3.53. The Labute approximate surface area is 115 Å². The number of carbonyl (C=O) groups is 3. The van der Waals surface area contributed by atoms with Crippen molar-refractivity contribution in [3.63, 3.8) is 0 Å². The number of hydrogen-bond donors (Lipinski definition) is 3. The molecular weight excluding hydrogens is 272 g/mol. The van der Waals surface area contributed by atoms with Gasteiger partial charge in [-0.25, -0.2) is 4.79 Å². The largest absolute Gasteiger partial charge is 0.481 e. The van der Waals surface area contributed by atoms with Crippen LogP contribution in [0, 0.1) is 17.8 Å². The predicted octanol–water partition coefficient (Wildman–Crippen LogP) is -0.0858. The number of hydrogen-bond acceptors (Lipinski definition) is 5. The van der Waals surface area contributed by atoms with Gasteiger partial charge in [-0.05, 0) is 11.8 Å². The number of rotatable bonds is 7. The van der Waals surface area contributed by atoms with Gasteiger partial charge < -0.3 is 24.8 Å². The van der Waals surface area contributed by atoms with Gasteiger partial charge in [-0.15, -0.1) is 0 Å². The first-order valence-electron chi connectivity index (χ1n) is 6.13. The Morgan fingerprint density at radius 3 is 2.20 bits per heavy atom. The second-order valence-corrected chi connectivity index (χ2v) is 4.82. The zero-order chi connectivity index (χ0) is 15.3. The summed E-state index contributed by atoms with van der Waals surface area (Å²) in [6.45, 7) is 0.148. The van der Waals surface area contributed by atoms with Gasteiger partial charge in [0.1, 0.15) is 0 Å². The maximum absolute atomic E-state index is 11.1. The lowest BCUT2D eigenvalue weighted by atomic mass is 9.74. The lowest BCUT2D eigenvalue weighted by molar-refractivity contribution is -0.166. The van der Waals surface area contributed by atoms with E-state index in [1.807, 2.05) is 0 Å². The second-order valence-electron chi connectivity index (χ2n) is 4.82. The molecule has 20 heavy (non-hydrogen) atoms. The van der Waals surface area contributed by atoms with E-state index in [-0.39, 0.29) is 26.1 Å². The fourth-order valence-electron chi connectivity index (χ4n) is 2.68. The molecule has 1 aliphatic heterocycles. The molecule has 1 heterocycles. The van der Waals surface area contributed by atoms with Crippen LogP contribution in [0.3, 0.4) is 0 Å². The Balaban J connectivity index is 2.96. The minimum Gasteiger partial charge on any atom is -0.481 e. The van der Waals surface area contributed by atoms with E-state index < -0.39 is 41.8 Å². The highest BCUT2D eigenvalue weighted by Crippen LogP contribution is 2.35. The quantitative estimate of drug-likeness (QED) is 0.593. The summed E-state index contributed by atoms with van der Waals surface area (Å²) in [4.78, 5) is 32.9. The minimum atomic E-state index is -1.22. The molecule has 8 nitrogen and oxygen atoms in total. The Kier molecular flexibility index (Phi) is 5.90. The highest BCUT2D eigenvalue weighted by atomic mass is 16.5. The summed E-state index contributed by atoms with van der Waals surface area (Å²) in [5, 5.41) is 26.9. The van der Waals surface area contributed by atoms with Crippen LogP contribution in [0.5, 0.6) is 0 Å². The minimum absolute atomic E-state index is 0.0405. The predicted molar refractivity (Wildman–Crippen MR) is 64.2 cm³/mol. The van der Waals surface area contributed by atoms with E-state index in [0.717, 1.165) is 0 Å². The summed E-state index contributed by atoms with van der Waals surface area (Å²) in [5.41, 5.74) is 0. The molecule has 4 unspecified atom stereocenters. The summed E-state index contributed by atoms with van der Waals surface area (Å²) < 4.78 is 10.1. The summed E-state index contributed by atoms with van der Waals surface area (Å²) in [7, 11) is 1.22. The van der Waals surface area contributed by atoms with E-state index in [4.69, 9.17) is 24.8 Å². The van der Waals surface area contributed by atoms with Crippen LogP contribution in [0.25, 0.3) is 0 Å². The van der Waals surface area contributed by atoms with E-state index in [1.54, 1.807) is 0 Å². The van der Waals surface area contributed by atoms with Crippen LogP contribution in [0.4, 0.5) is 0 Å². The first-order chi connectivity index (χ1) is 9.36. The van der Waals surface area contributed by atoms with Crippen LogP contribution < -0.4 is 0 Å². The Bertz CT molecular complexity index is 380. The fraction of sp³-hybridized carbons (Fsp3) is 0.750. The molecule has 0 amide bonds. The van der Waals surface area contributed by atoms with Crippen molar-refractivity contribution in [3.8, 4) is 0 Å². The number of methoxy groups -OCH3 is 1. The Morgan fingerprint density at radius 2 is 1.75 bits per heavy atom. The molecule has 0 aliphatic carbocycles. The Morgan fingerprint density at radius 1 is 1.15 bits per heavy atom. The van der Waals surface area contributed by atoms with Gasteiger partial charge in [0.2, 0.25) is 0 Å². The molecule has 0 radical (unpaired) electrons. The molecule has 1 aliphatic rings. The third-order valence-electron chi connectivity index (χ3n) is 3.53. The topological polar surface area (TPSA) is 130 Å². The van der Waals surface area contributed by atoms with Crippen LogP contribution in [0.2, 0.25) is 0 Å². The molecule has 0 bridgehead atoms. The third kappa shape index (κ3) is 4.17. The smallest absolute Gasteiger partial charge is 0.333 e. The number of aliphatic carboxylic acids is 3. The molecule has 114 valence electrons. The van der Waals surface area contributed by atoms with Crippen molar-refractivity contribution in [2.75, 3.05) is 20.3 Å². The van der Waals surface area contributed by atoms with Gasteiger partial charge in [0.15, 0.2) is 6.10 Å². The van der Waals surface area contributed by atoms with Crippen molar-refractivity contribution in [1.82, 2.24) is 0 Å². The van der Waals surface area contributed by atoms with Crippen LogP contribution in [0.1, 0.15) is 12.8 Å². The highest BCUT2D eigenvalue weighted by molar-refractivity contribution is 5.73. The van der Waals surface area contributed by atoms with E-state index in [2.05, 4.69) is 0 Å². The summed E-state index contributed by atoms with van der Waals surface area (Å²) in [6.07, 6.45) is -1.78. The molecule has 1 saturated heterocycles. The fourth-order valence-corrected chi connectivity index (χ4v) is 2.68. The van der Waals surface area contributed by atoms with Crippen LogP contribution in [-0.2, 0) is 23.9 Å². The van der Waals surface area contributed by atoms with E-state index in [9.17, 15) is 14.4 Å². The lowest BCUT2D eigenvalue weighted by Gasteiger charge is -2.38. The van der Waals surface area contributed by atoms with Crippen molar-refractivity contribution in [2.45, 2.75) is 18.9 Å². The van der Waals surface area contributed by atoms with E-state index in [1.165, 1.54) is 7.11 Å². The van der Waals surface area contributed by atoms with Gasteiger partial charge >= 0.3 is 17.9 Å². The van der Waals surface area contributed by atoms with Gasteiger partial charge in [-0.3, -0.25) is 9.59 Å². The Hall–Kier alpha value is -1.67. The van der Waals surface area contributed by atoms with Crippen molar-refractivity contribution in [2.24, 2.45) is 17.8 Å². The number of ether oxygens (including phenoxy) is 2. The molecule has 0 aromatic carbocycles. The summed E-state index contributed by atoms with van der Waals surface area (Å²) in [6, 6.07) is 0. The van der Waals surface area contributed by atoms with Crippen LogP contribution >= 0.6 is 0 Å². The normalized spacial score (nSPS) is 27.8. The first kappa shape index (κ1) is 16.4. The molecule has 8 heteroatoms. The zero-order valence-corrected chi connectivity index (χ0v) is 11.0. The average molecular weight is 290 g/mol. The van der Waals surface area contributed by atoms with E-state index in [0.29, 0.717) is 0 Å². The monoisotopic (exact) mass is 290 g/mol. The maximum atomic E-state index is 11.1. The lowest BCUT2D eigenvalue weighted by Crippen LogP contribution is -2.47. The van der Waals surface area contributed by atoms with Crippen molar-refractivity contribution in [1.29, 1.82) is 0 Å². The maximum Gasteiger partial charge on any atom is 0.333 e. The van der Waals surface area contributed by atoms with Crippen molar-refractivity contribution in [3.05, 3.63) is 0 Å². The zero-order valence-electron chi connectivity index (χ0n) is 11.0. The van der Waals surface area contributed by atoms with Gasteiger partial charge in [-0.2, -0.15) is 0 Å². The summed E-state index contributed by atoms with van der Waals surface area (Å²) in [5.74, 6) is -5.23. The molecule has 1 fully saturated rings. The van der Waals surface area contributed by atoms with Crippen LogP contribution in [0.15, 0.2) is 0 Å². The average Bonchev–Trinajstić information content (AvgIpc) is 2.32. The first-order valence-corrected chi connectivity index (χ1v) is 6.13. The SMILES string of the molecule is COC(C(=O)O)C1COCC(CC(=O)O)C1CC(=O)O. The molecule has 3 N–H and O–H groups in total. The van der Waals surface area contributed by atoms with Gasteiger partial charge in [0, 0.05) is 19.4 Å². The van der Waals surface area contributed by atoms with Gasteiger partial charge in [-0.1, -0.05) is 0 Å².